The SMILES string of the molecule is Cc1ccc(NC(=O)COC(=O)[C@@H]2CC(=O)N(C3CCCCC3)C2)cc1. The normalized spacial score (nSPS) is 20.9. The molecule has 1 N–H and O–H groups in total. The number of nitrogens with zero attached hydrogens (tertiary/aromatic N) is 1. The number of aryl methyl sites for hydroxylation is 1. The van der Waals surface area contributed by atoms with Crippen LogP contribution in [0.2, 0.25) is 0 Å². The number of hydrogen-bond acceptors (Lipinski definition) is 4. The number of amides is 2. The van der Waals surface area contributed by atoms with Gasteiger partial charge in [0, 0.05) is 24.7 Å². The summed E-state index contributed by atoms with van der Waals surface area (Å²) in [6.07, 6.45) is 5.74. The molecule has 0 radical (unpaired) electrons. The third kappa shape index (κ3) is 4.62. The number of anilines is 1. The van der Waals surface area contributed by atoms with Crippen molar-refractivity contribution < 1.29 is 19.1 Å². The van der Waals surface area contributed by atoms with Gasteiger partial charge in [0.05, 0.1) is 5.92 Å². The monoisotopic (exact) mass is 358 g/mol. The van der Waals surface area contributed by atoms with E-state index in [1.165, 1.54) is 6.42 Å². The summed E-state index contributed by atoms with van der Waals surface area (Å²) in [6, 6.07) is 7.65. The van der Waals surface area contributed by atoms with Gasteiger partial charge < -0.3 is 15.0 Å². The van der Waals surface area contributed by atoms with Crippen molar-refractivity contribution in [2.24, 2.45) is 5.92 Å². The zero-order valence-corrected chi connectivity index (χ0v) is 15.2. The lowest BCUT2D eigenvalue weighted by atomic mass is 9.94. The van der Waals surface area contributed by atoms with Crippen molar-refractivity contribution in [1.29, 1.82) is 0 Å². The molecule has 0 aromatic heterocycles. The second-order valence-electron chi connectivity index (χ2n) is 7.26. The van der Waals surface area contributed by atoms with Gasteiger partial charge in [0.25, 0.3) is 5.91 Å². The molecule has 6 heteroatoms. The molecule has 0 unspecified atom stereocenters. The maximum absolute atomic E-state index is 12.2. The third-order valence-electron chi connectivity index (χ3n) is 5.19. The maximum atomic E-state index is 12.2. The van der Waals surface area contributed by atoms with E-state index in [1.54, 1.807) is 12.1 Å². The summed E-state index contributed by atoms with van der Waals surface area (Å²) >= 11 is 0. The Morgan fingerprint density at radius 2 is 1.85 bits per heavy atom. The summed E-state index contributed by atoms with van der Waals surface area (Å²) in [5.74, 6) is -1.27. The van der Waals surface area contributed by atoms with Crippen LogP contribution in [0.5, 0.6) is 0 Å². The zero-order chi connectivity index (χ0) is 18.5. The van der Waals surface area contributed by atoms with Crippen LogP contribution in [0.15, 0.2) is 24.3 Å². The van der Waals surface area contributed by atoms with Gasteiger partial charge in [-0.2, -0.15) is 0 Å². The van der Waals surface area contributed by atoms with Crippen LogP contribution in [0.25, 0.3) is 0 Å². The molecule has 1 heterocycles. The molecule has 2 aliphatic rings. The predicted molar refractivity (Wildman–Crippen MR) is 97.5 cm³/mol. The van der Waals surface area contributed by atoms with Crippen LogP contribution in [-0.2, 0) is 19.1 Å². The summed E-state index contributed by atoms with van der Waals surface area (Å²) < 4.78 is 5.14. The average molecular weight is 358 g/mol. The van der Waals surface area contributed by atoms with Gasteiger partial charge in [-0.15, -0.1) is 0 Å². The Balaban J connectivity index is 1.45. The number of likely N-dealkylation sites (tertiary alicyclic amines) is 1. The maximum Gasteiger partial charge on any atom is 0.311 e. The van der Waals surface area contributed by atoms with Crippen LogP contribution in [0, 0.1) is 12.8 Å². The fraction of sp³-hybridized carbons (Fsp3) is 0.550. The fourth-order valence-electron chi connectivity index (χ4n) is 3.72. The van der Waals surface area contributed by atoms with E-state index in [0.29, 0.717) is 12.2 Å². The Kier molecular flexibility index (Phi) is 5.91. The van der Waals surface area contributed by atoms with Crippen molar-refractivity contribution in [1.82, 2.24) is 4.90 Å². The first-order valence-corrected chi connectivity index (χ1v) is 9.35. The quantitative estimate of drug-likeness (QED) is 0.821. The lowest BCUT2D eigenvalue weighted by Crippen LogP contribution is -2.38. The van der Waals surface area contributed by atoms with E-state index < -0.39 is 11.9 Å². The van der Waals surface area contributed by atoms with Crippen LogP contribution < -0.4 is 5.32 Å². The molecule has 6 nitrogen and oxygen atoms in total. The summed E-state index contributed by atoms with van der Waals surface area (Å²) in [7, 11) is 0. The van der Waals surface area contributed by atoms with Gasteiger partial charge >= 0.3 is 5.97 Å². The first kappa shape index (κ1) is 18.4. The molecule has 2 fully saturated rings. The highest BCUT2D eigenvalue weighted by molar-refractivity contribution is 5.93. The van der Waals surface area contributed by atoms with Crippen molar-refractivity contribution in [3.8, 4) is 0 Å². The number of ether oxygens (including phenoxy) is 1. The van der Waals surface area contributed by atoms with E-state index in [-0.39, 0.29) is 30.9 Å². The van der Waals surface area contributed by atoms with Crippen molar-refractivity contribution in [2.75, 3.05) is 18.5 Å². The van der Waals surface area contributed by atoms with Gasteiger partial charge in [-0.1, -0.05) is 37.0 Å². The Hall–Kier alpha value is -2.37. The molecule has 0 spiro atoms. The van der Waals surface area contributed by atoms with E-state index in [1.807, 2.05) is 24.0 Å². The molecular weight excluding hydrogens is 332 g/mol. The largest absolute Gasteiger partial charge is 0.455 e. The van der Waals surface area contributed by atoms with Gasteiger partial charge in [0.2, 0.25) is 5.91 Å². The van der Waals surface area contributed by atoms with Gasteiger partial charge in [-0.25, -0.2) is 0 Å². The average Bonchev–Trinajstić information content (AvgIpc) is 3.04. The van der Waals surface area contributed by atoms with Gasteiger partial charge in [0.15, 0.2) is 6.61 Å². The van der Waals surface area contributed by atoms with Crippen LogP contribution in [0.3, 0.4) is 0 Å². The number of nitrogens with one attached hydrogen (secondary N) is 1. The zero-order valence-electron chi connectivity index (χ0n) is 15.2. The highest BCUT2D eigenvalue weighted by atomic mass is 16.5. The van der Waals surface area contributed by atoms with Gasteiger partial charge in [0.1, 0.15) is 0 Å². The Morgan fingerprint density at radius 1 is 1.15 bits per heavy atom. The summed E-state index contributed by atoms with van der Waals surface area (Å²) in [4.78, 5) is 38.2. The number of carbonyl (C=O) groups is 3. The minimum Gasteiger partial charge on any atom is -0.455 e. The number of benzene rings is 1. The molecular formula is C20H26N2O4. The number of carbonyl (C=O) groups excluding carboxylic acids is 3. The number of esters is 1. The predicted octanol–water partition coefficient (Wildman–Crippen LogP) is 2.66. The molecule has 1 atom stereocenters. The second kappa shape index (κ2) is 8.34. The molecule has 1 aliphatic heterocycles. The highest BCUT2D eigenvalue weighted by Gasteiger charge is 2.39. The second-order valence-corrected chi connectivity index (χ2v) is 7.26. The molecule has 0 bridgehead atoms. The minimum atomic E-state index is -0.462. The lowest BCUT2D eigenvalue weighted by molar-refractivity contribution is -0.151. The van der Waals surface area contributed by atoms with Crippen molar-refractivity contribution in [3.05, 3.63) is 29.8 Å². The topological polar surface area (TPSA) is 75.7 Å². The van der Waals surface area contributed by atoms with Crippen molar-refractivity contribution in [2.45, 2.75) is 51.5 Å². The number of hydrogen-bond donors (Lipinski definition) is 1. The first-order chi connectivity index (χ1) is 12.5. The molecule has 1 aliphatic carbocycles. The Morgan fingerprint density at radius 3 is 2.54 bits per heavy atom. The fourth-order valence-corrected chi connectivity index (χ4v) is 3.72. The van der Waals surface area contributed by atoms with Crippen LogP contribution in [0.4, 0.5) is 5.69 Å². The van der Waals surface area contributed by atoms with Crippen LogP contribution in [0.1, 0.15) is 44.1 Å². The van der Waals surface area contributed by atoms with Crippen LogP contribution in [-0.4, -0.2) is 41.9 Å². The Labute approximate surface area is 153 Å². The summed E-state index contributed by atoms with van der Waals surface area (Å²) in [5, 5.41) is 2.69. The third-order valence-corrected chi connectivity index (χ3v) is 5.19. The van der Waals surface area contributed by atoms with Crippen molar-refractivity contribution >= 4 is 23.5 Å². The van der Waals surface area contributed by atoms with Crippen LogP contribution >= 0.6 is 0 Å². The molecule has 3 rings (SSSR count). The molecule has 140 valence electrons. The smallest absolute Gasteiger partial charge is 0.311 e. The van der Waals surface area contributed by atoms with E-state index in [2.05, 4.69) is 5.32 Å². The minimum absolute atomic E-state index is 0.0305. The summed E-state index contributed by atoms with van der Waals surface area (Å²) in [5.41, 5.74) is 1.76. The van der Waals surface area contributed by atoms with E-state index in [9.17, 15) is 14.4 Å². The Bertz CT molecular complexity index is 665. The lowest BCUT2D eigenvalue weighted by Gasteiger charge is -2.31. The standard InChI is InChI=1S/C20H26N2O4/c1-14-7-9-16(10-8-14)21-18(23)13-26-20(25)15-11-19(24)22(12-15)17-5-3-2-4-6-17/h7-10,15,17H,2-6,11-13H2,1H3,(H,21,23)/t15-/m1/s1. The van der Waals surface area contributed by atoms with Gasteiger partial charge in [-0.3, -0.25) is 14.4 Å². The van der Waals surface area contributed by atoms with Gasteiger partial charge in [-0.05, 0) is 31.9 Å². The first-order valence-electron chi connectivity index (χ1n) is 9.35. The van der Waals surface area contributed by atoms with Crippen molar-refractivity contribution in [3.63, 3.8) is 0 Å². The molecule has 1 aromatic rings. The molecule has 1 saturated carbocycles. The molecule has 26 heavy (non-hydrogen) atoms. The van der Waals surface area contributed by atoms with E-state index >= 15 is 0 Å². The highest BCUT2D eigenvalue weighted by Crippen LogP contribution is 2.29. The number of rotatable bonds is 5. The molecule has 2 amide bonds. The van der Waals surface area contributed by atoms with E-state index in [0.717, 1.165) is 31.2 Å². The molecule has 1 aromatic carbocycles. The van der Waals surface area contributed by atoms with E-state index in [4.69, 9.17) is 4.74 Å². The summed E-state index contributed by atoms with van der Waals surface area (Å²) in [6.45, 7) is 2.05. The molecule has 1 saturated heterocycles.